The number of Topliss-reactive ketones (excluding diaryl/α,β-unsaturated/α-hetero) is 1. The maximum Gasteiger partial charge on any atom is 0.340 e. The average molecular weight is 252 g/mol. The smallest absolute Gasteiger partial charge is 0.338 e. The lowest BCUT2D eigenvalue weighted by atomic mass is 10.0. The minimum atomic E-state index is -2.18. The summed E-state index contributed by atoms with van der Waals surface area (Å²) in [6.45, 7) is 1.11. The Morgan fingerprint density at radius 2 is 1.89 bits per heavy atom. The van der Waals surface area contributed by atoms with Gasteiger partial charge in [0.15, 0.2) is 11.8 Å². The number of aliphatic hydroxyl groups excluding tert-OH is 1. The lowest BCUT2D eigenvalue weighted by Gasteiger charge is -2.16. The molecular formula is C11H12N2O5. The van der Waals surface area contributed by atoms with Crippen molar-refractivity contribution in [3.8, 4) is 0 Å². The quantitative estimate of drug-likeness (QED) is 0.331. The number of ketones is 1. The molecule has 1 amide bonds. The fourth-order valence-corrected chi connectivity index (χ4v) is 1.40. The third-order valence-corrected chi connectivity index (χ3v) is 2.21. The van der Waals surface area contributed by atoms with E-state index in [1.165, 1.54) is 12.1 Å². The molecule has 0 spiro atoms. The Bertz CT molecular complexity index is 460. The molecule has 0 aliphatic carbocycles. The molecule has 2 atom stereocenters. The predicted octanol–water partition coefficient (Wildman–Crippen LogP) is -0.0309. The van der Waals surface area contributed by atoms with Crippen LogP contribution in [-0.4, -0.2) is 34.0 Å². The highest BCUT2D eigenvalue weighted by molar-refractivity contribution is 6.02. The Balaban J connectivity index is 3.00. The van der Waals surface area contributed by atoms with E-state index in [1.54, 1.807) is 18.2 Å². The summed E-state index contributed by atoms with van der Waals surface area (Å²) in [5.41, 5.74) is 0.178. The van der Waals surface area contributed by atoms with Crippen LogP contribution in [0.5, 0.6) is 0 Å². The number of carbonyl (C=O) groups excluding carboxylic acids is 2. The fraction of sp³-hybridized carbons (Fsp3) is 0.273. The first-order valence-electron chi connectivity index (χ1n) is 5.11. The summed E-state index contributed by atoms with van der Waals surface area (Å²) in [6, 6.07) is 6.13. The minimum Gasteiger partial charge on any atom is -0.338 e. The van der Waals surface area contributed by atoms with Gasteiger partial charge in [-0.1, -0.05) is 30.3 Å². The second-order valence-corrected chi connectivity index (χ2v) is 3.61. The van der Waals surface area contributed by atoms with Crippen LogP contribution < -0.4 is 5.32 Å². The largest absolute Gasteiger partial charge is 0.340 e. The number of nitrogens with zero attached hydrogens (tertiary/aromatic N) is 1. The Morgan fingerprint density at radius 1 is 1.33 bits per heavy atom. The predicted molar refractivity (Wildman–Crippen MR) is 61.4 cm³/mol. The van der Waals surface area contributed by atoms with Crippen LogP contribution in [0.4, 0.5) is 0 Å². The molecule has 0 heterocycles. The van der Waals surface area contributed by atoms with Gasteiger partial charge >= 0.3 is 6.23 Å². The van der Waals surface area contributed by atoms with Gasteiger partial charge < -0.3 is 10.4 Å². The van der Waals surface area contributed by atoms with Crippen molar-refractivity contribution < 1.29 is 19.6 Å². The van der Waals surface area contributed by atoms with Gasteiger partial charge in [0, 0.05) is 12.5 Å². The van der Waals surface area contributed by atoms with Crippen molar-refractivity contribution in [2.45, 2.75) is 19.2 Å². The van der Waals surface area contributed by atoms with E-state index < -0.39 is 28.9 Å². The average Bonchev–Trinajstić information content (AvgIpc) is 2.35. The van der Waals surface area contributed by atoms with Crippen LogP contribution in [0.25, 0.3) is 0 Å². The molecule has 0 aromatic heterocycles. The van der Waals surface area contributed by atoms with Crippen LogP contribution in [0.3, 0.4) is 0 Å². The number of rotatable bonds is 5. The van der Waals surface area contributed by atoms with Gasteiger partial charge in [0.05, 0.1) is 4.92 Å². The maximum atomic E-state index is 11.9. The van der Waals surface area contributed by atoms with Crippen LogP contribution in [0.2, 0.25) is 0 Å². The molecule has 1 aromatic rings. The first-order chi connectivity index (χ1) is 8.43. The van der Waals surface area contributed by atoms with Crippen molar-refractivity contribution in [1.29, 1.82) is 0 Å². The molecule has 1 rings (SSSR count). The number of aliphatic hydroxyl groups is 1. The molecule has 0 radical (unpaired) electrons. The van der Waals surface area contributed by atoms with Crippen molar-refractivity contribution in [3.05, 3.63) is 46.0 Å². The van der Waals surface area contributed by atoms with E-state index in [1.807, 2.05) is 0 Å². The summed E-state index contributed by atoms with van der Waals surface area (Å²) in [5.74, 6) is -1.35. The molecule has 96 valence electrons. The maximum absolute atomic E-state index is 11.9. The fourth-order valence-electron chi connectivity index (χ4n) is 1.40. The van der Waals surface area contributed by atoms with Gasteiger partial charge in [-0.15, -0.1) is 0 Å². The molecule has 0 aliphatic rings. The Morgan fingerprint density at radius 3 is 2.33 bits per heavy atom. The van der Waals surface area contributed by atoms with Gasteiger partial charge in [-0.3, -0.25) is 19.7 Å². The number of amides is 1. The number of hydrogen-bond acceptors (Lipinski definition) is 5. The molecule has 7 heteroatoms. The van der Waals surface area contributed by atoms with Crippen molar-refractivity contribution in [2.24, 2.45) is 0 Å². The van der Waals surface area contributed by atoms with Crippen LogP contribution in [-0.2, 0) is 4.79 Å². The molecule has 2 N–H and O–H groups in total. The Hall–Kier alpha value is -2.28. The molecular weight excluding hydrogens is 240 g/mol. The SMILES string of the molecule is CC(=O)NC(C(=O)c1ccccc1)C(O)[N+](=O)[O-]. The van der Waals surface area contributed by atoms with E-state index in [0.29, 0.717) is 0 Å². The summed E-state index contributed by atoms with van der Waals surface area (Å²) in [7, 11) is 0. The Labute approximate surface area is 103 Å². The van der Waals surface area contributed by atoms with Crippen LogP contribution in [0.1, 0.15) is 17.3 Å². The molecule has 0 fully saturated rings. The topological polar surface area (TPSA) is 110 Å². The molecule has 0 aliphatic heterocycles. The third-order valence-electron chi connectivity index (χ3n) is 2.21. The Kier molecular flexibility index (Phi) is 4.50. The van der Waals surface area contributed by atoms with Gasteiger partial charge in [0.2, 0.25) is 5.91 Å². The van der Waals surface area contributed by atoms with E-state index in [2.05, 4.69) is 5.32 Å². The number of nitro groups is 1. The van der Waals surface area contributed by atoms with Gasteiger partial charge in [-0.25, -0.2) is 0 Å². The summed E-state index contributed by atoms with van der Waals surface area (Å²) in [6.07, 6.45) is -2.18. The first kappa shape index (κ1) is 13.8. The summed E-state index contributed by atoms with van der Waals surface area (Å²) < 4.78 is 0. The second-order valence-electron chi connectivity index (χ2n) is 3.61. The van der Waals surface area contributed by atoms with Gasteiger partial charge in [0.25, 0.3) is 0 Å². The van der Waals surface area contributed by atoms with E-state index in [-0.39, 0.29) is 5.56 Å². The molecule has 1 aromatic carbocycles. The van der Waals surface area contributed by atoms with E-state index in [0.717, 1.165) is 6.92 Å². The number of carbonyl (C=O) groups is 2. The zero-order valence-electron chi connectivity index (χ0n) is 9.57. The number of nitrogens with one attached hydrogen (secondary N) is 1. The molecule has 0 bridgehead atoms. The highest BCUT2D eigenvalue weighted by Crippen LogP contribution is 2.07. The van der Waals surface area contributed by atoms with Crippen LogP contribution >= 0.6 is 0 Å². The molecule has 18 heavy (non-hydrogen) atoms. The number of hydrogen-bond donors (Lipinski definition) is 2. The second kappa shape index (κ2) is 5.87. The lowest BCUT2D eigenvalue weighted by molar-refractivity contribution is -0.571. The first-order valence-corrected chi connectivity index (χ1v) is 5.11. The molecule has 7 nitrogen and oxygen atoms in total. The van der Waals surface area contributed by atoms with E-state index in [4.69, 9.17) is 0 Å². The number of benzene rings is 1. The van der Waals surface area contributed by atoms with Gasteiger partial charge in [-0.05, 0) is 0 Å². The van der Waals surface area contributed by atoms with Gasteiger partial charge in [-0.2, -0.15) is 0 Å². The monoisotopic (exact) mass is 252 g/mol. The van der Waals surface area contributed by atoms with E-state index in [9.17, 15) is 24.8 Å². The minimum absolute atomic E-state index is 0.178. The van der Waals surface area contributed by atoms with Crippen molar-refractivity contribution in [1.82, 2.24) is 5.32 Å². The van der Waals surface area contributed by atoms with E-state index >= 15 is 0 Å². The van der Waals surface area contributed by atoms with Crippen LogP contribution in [0.15, 0.2) is 30.3 Å². The summed E-state index contributed by atoms with van der Waals surface area (Å²) >= 11 is 0. The zero-order valence-corrected chi connectivity index (χ0v) is 9.57. The van der Waals surface area contributed by atoms with Crippen LogP contribution in [0, 0.1) is 10.1 Å². The van der Waals surface area contributed by atoms with Gasteiger partial charge in [0.1, 0.15) is 0 Å². The molecule has 2 unspecified atom stereocenters. The van der Waals surface area contributed by atoms with Crippen molar-refractivity contribution >= 4 is 11.7 Å². The summed E-state index contributed by atoms with van der Waals surface area (Å²) in [4.78, 5) is 32.4. The summed E-state index contributed by atoms with van der Waals surface area (Å²) in [5, 5.41) is 21.9. The van der Waals surface area contributed by atoms with Crippen molar-refractivity contribution in [2.75, 3.05) is 0 Å². The molecule has 0 saturated carbocycles. The zero-order chi connectivity index (χ0) is 13.7. The highest BCUT2D eigenvalue weighted by atomic mass is 16.7. The van der Waals surface area contributed by atoms with Crippen molar-refractivity contribution in [3.63, 3.8) is 0 Å². The highest BCUT2D eigenvalue weighted by Gasteiger charge is 2.36. The molecule has 0 saturated heterocycles. The third kappa shape index (κ3) is 3.36. The standard InChI is InChI=1S/C11H12N2O5/c1-7(14)12-9(11(16)13(17)18)10(15)8-5-3-2-4-6-8/h2-6,9,11,16H,1H3,(H,12,14). The normalized spacial score (nSPS) is 13.4. The lowest BCUT2D eigenvalue weighted by Crippen LogP contribution is -2.51.